The van der Waals surface area contributed by atoms with Gasteiger partial charge >= 0.3 is 0 Å². The van der Waals surface area contributed by atoms with Crippen LogP contribution < -0.4 is 25.0 Å². The molecule has 336 valence electrons. The number of carbonyl (C=O) groups excluding carboxylic acids is 1. The number of halogens is 1. The van der Waals surface area contributed by atoms with E-state index in [1.807, 2.05) is 18.2 Å². The minimum absolute atomic E-state index is 0.0604. The lowest BCUT2D eigenvalue weighted by Gasteiger charge is -2.39. The van der Waals surface area contributed by atoms with E-state index in [0.717, 1.165) is 93.8 Å². The SMILES string of the molecule is CC1(C)CCC(CN2CCN(c3ccc(C(=O)NS(=O)(=O)c4ccc(NC5CCC(NC6CC6)CC5)cc4[N+](=O)[O-])c(Oc4cnc5[nH]ccc5c4)c3)CC2)=C(c2ccc(Cl)cc2)C1. The number of nitrogens with one attached hydrogen (secondary N) is 4. The third-order valence-electron chi connectivity index (χ3n) is 13.2. The van der Waals surface area contributed by atoms with Crippen LogP contribution in [-0.2, 0) is 10.0 Å². The normalized spacial score (nSPS) is 20.6. The molecular weight excluding hydrogens is 852 g/mol. The summed E-state index contributed by atoms with van der Waals surface area (Å²) in [7, 11) is -4.71. The van der Waals surface area contributed by atoms with Gasteiger partial charge in [-0.15, -0.1) is 0 Å². The number of pyridine rings is 1. The summed E-state index contributed by atoms with van der Waals surface area (Å²) in [4.78, 5) is 37.2. The Morgan fingerprint density at radius 3 is 2.38 bits per heavy atom. The Kier molecular flexibility index (Phi) is 12.4. The fraction of sp³-hybridized carbons (Fsp3) is 0.417. The molecule has 2 aromatic heterocycles. The van der Waals surface area contributed by atoms with Crippen LogP contribution in [0.5, 0.6) is 11.5 Å². The van der Waals surface area contributed by atoms with E-state index >= 15 is 0 Å². The van der Waals surface area contributed by atoms with Crippen molar-refractivity contribution in [3.8, 4) is 11.5 Å². The van der Waals surface area contributed by atoms with Gasteiger partial charge in [0.2, 0.25) is 0 Å². The van der Waals surface area contributed by atoms with Crippen LogP contribution in [0.15, 0.2) is 95.7 Å². The molecule has 1 saturated heterocycles. The molecule has 3 aliphatic carbocycles. The Labute approximate surface area is 379 Å². The van der Waals surface area contributed by atoms with E-state index in [0.29, 0.717) is 29.2 Å². The Morgan fingerprint density at radius 1 is 0.938 bits per heavy atom. The van der Waals surface area contributed by atoms with Crippen LogP contribution in [0.25, 0.3) is 16.6 Å². The van der Waals surface area contributed by atoms with Gasteiger partial charge in [0, 0.05) is 91.0 Å². The number of amides is 1. The first-order valence-electron chi connectivity index (χ1n) is 22.3. The second kappa shape index (κ2) is 18.2. The number of sulfonamides is 1. The van der Waals surface area contributed by atoms with Crippen LogP contribution in [0.4, 0.5) is 17.1 Å². The van der Waals surface area contributed by atoms with E-state index in [-0.39, 0.29) is 22.8 Å². The molecule has 3 fully saturated rings. The topological polar surface area (TPSA) is 175 Å². The number of ether oxygens (including phenoxy) is 1. The molecule has 1 aliphatic heterocycles. The minimum Gasteiger partial charge on any atom is -0.455 e. The summed E-state index contributed by atoms with van der Waals surface area (Å²) in [6.45, 7) is 8.63. The van der Waals surface area contributed by atoms with Crippen LogP contribution in [0.2, 0.25) is 5.02 Å². The maximum absolute atomic E-state index is 14.0. The van der Waals surface area contributed by atoms with Crippen molar-refractivity contribution in [2.75, 3.05) is 42.9 Å². The van der Waals surface area contributed by atoms with Gasteiger partial charge in [-0.3, -0.25) is 19.8 Å². The number of hydrogen-bond donors (Lipinski definition) is 4. The Balaban J connectivity index is 0.916. The Bertz CT molecular complexity index is 2680. The van der Waals surface area contributed by atoms with E-state index in [2.05, 4.69) is 61.1 Å². The number of nitro groups is 1. The molecule has 0 atom stereocenters. The third-order valence-corrected chi connectivity index (χ3v) is 14.8. The molecule has 64 heavy (non-hydrogen) atoms. The number of allylic oxidation sites excluding steroid dienone is 1. The number of aromatic amines is 1. The minimum atomic E-state index is -4.71. The number of nitro benzene ring substituents is 1. The highest BCUT2D eigenvalue weighted by Gasteiger charge is 2.33. The molecule has 3 aromatic carbocycles. The molecule has 3 heterocycles. The largest absolute Gasteiger partial charge is 0.455 e. The molecule has 0 bridgehead atoms. The van der Waals surface area contributed by atoms with E-state index in [9.17, 15) is 23.3 Å². The molecule has 0 radical (unpaired) electrons. The fourth-order valence-corrected chi connectivity index (χ4v) is 10.7. The van der Waals surface area contributed by atoms with Crippen LogP contribution in [0.3, 0.4) is 0 Å². The van der Waals surface area contributed by atoms with Crippen molar-refractivity contribution in [2.45, 2.75) is 94.7 Å². The molecule has 0 spiro atoms. The lowest BCUT2D eigenvalue weighted by Crippen LogP contribution is -2.47. The van der Waals surface area contributed by atoms with Crippen molar-refractivity contribution in [3.05, 3.63) is 117 Å². The van der Waals surface area contributed by atoms with Crippen LogP contribution in [-0.4, -0.2) is 85.0 Å². The van der Waals surface area contributed by atoms with Crippen molar-refractivity contribution >= 4 is 61.2 Å². The maximum Gasteiger partial charge on any atom is 0.291 e. The summed E-state index contributed by atoms with van der Waals surface area (Å²) >= 11 is 6.25. The molecule has 16 heteroatoms. The van der Waals surface area contributed by atoms with Crippen molar-refractivity contribution in [2.24, 2.45) is 5.41 Å². The standard InChI is InChI=1S/C48H55ClN8O6S/c1-48(2)19-17-33(42(28-48)31-3-5-34(49)6-4-31)30-55-21-23-56(24-22-55)39-14-15-41(44(27-39)63-40-25-32-18-20-50-46(32)51-29-40)47(58)54-64(61,62)45-16-13-38(26-43(45)57(59)60)53-37-11-9-36(10-12-37)52-35-7-8-35/h3-6,13-16,18,20,25-27,29,35-37,52-53H,7-12,17,19,21-24,28,30H2,1-2H3,(H,50,51)(H,54,58). The number of benzene rings is 3. The summed E-state index contributed by atoms with van der Waals surface area (Å²) < 4.78 is 36.1. The van der Waals surface area contributed by atoms with Gasteiger partial charge in [0.15, 0.2) is 4.90 Å². The van der Waals surface area contributed by atoms with Crippen molar-refractivity contribution in [1.29, 1.82) is 0 Å². The van der Waals surface area contributed by atoms with E-state index in [4.69, 9.17) is 16.3 Å². The molecule has 9 rings (SSSR count). The molecule has 0 unspecified atom stereocenters. The van der Waals surface area contributed by atoms with Gasteiger partial charge in [-0.1, -0.05) is 43.2 Å². The van der Waals surface area contributed by atoms with Crippen LogP contribution in [0, 0.1) is 15.5 Å². The predicted octanol–water partition coefficient (Wildman–Crippen LogP) is 9.30. The summed E-state index contributed by atoms with van der Waals surface area (Å²) in [5, 5.41) is 20.9. The smallest absolute Gasteiger partial charge is 0.291 e. The van der Waals surface area contributed by atoms with Gasteiger partial charge in [0.1, 0.15) is 17.1 Å². The second-order valence-electron chi connectivity index (χ2n) is 18.6. The van der Waals surface area contributed by atoms with Crippen LogP contribution in [0.1, 0.15) is 87.6 Å². The van der Waals surface area contributed by atoms with Gasteiger partial charge in [0.05, 0.1) is 16.7 Å². The number of fused-ring (bicyclic) bond motifs is 1. The lowest BCUT2D eigenvalue weighted by molar-refractivity contribution is -0.387. The summed E-state index contributed by atoms with van der Waals surface area (Å²) in [6.07, 6.45) is 12.7. The lowest BCUT2D eigenvalue weighted by atomic mass is 9.72. The highest BCUT2D eigenvalue weighted by Crippen LogP contribution is 2.43. The highest BCUT2D eigenvalue weighted by molar-refractivity contribution is 7.90. The maximum atomic E-state index is 14.0. The number of anilines is 2. The first-order valence-corrected chi connectivity index (χ1v) is 24.2. The third kappa shape index (κ3) is 10.2. The number of H-pyrrole nitrogens is 1. The molecule has 2 saturated carbocycles. The molecule has 14 nitrogen and oxygen atoms in total. The number of nitrogens with zero attached hydrogens (tertiary/aromatic N) is 4. The van der Waals surface area contributed by atoms with E-state index < -0.39 is 31.4 Å². The van der Waals surface area contributed by atoms with Crippen molar-refractivity contribution < 1.29 is 22.9 Å². The predicted molar refractivity (Wildman–Crippen MR) is 251 cm³/mol. The van der Waals surface area contributed by atoms with Gasteiger partial charge in [0.25, 0.3) is 21.6 Å². The highest BCUT2D eigenvalue weighted by atomic mass is 35.5. The van der Waals surface area contributed by atoms with Crippen molar-refractivity contribution in [1.82, 2.24) is 24.9 Å². The Hall–Kier alpha value is -5.48. The summed E-state index contributed by atoms with van der Waals surface area (Å²) in [5.74, 6) is -0.531. The van der Waals surface area contributed by atoms with Gasteiger partial charge in [-0.25, -0.2) is 18.1 Å². The Morgan fingerprint density at radius 2 is 1.66 bits per heavy atom. The second-order valence-corrected chi connectivity index (χ2v) is 20.7. The molecule has 5 aromatic rings. The number of aromatic nitrogens is 2. The monoisotopic (exact) mass is 906 g/mol. The van der Waals surface area contributed by atoms with Gasteiger partial charge in [-0.2, -0.15) is 0 Å². The average Bonchev–Trinajstić information content (AvgIpc) is 3.97. The van der Waals surface area contributed by atoms with E-state index in [1.54, 1.807) is 24.4 Å². The number of rotatable bonds is 14. The van der Waals surface area contributed by atoms with E-state index in [1.165, 1.54) is 60.0 Å². The fourth-order valence-electron chi connectivity index (χ4n) is 9.41. The summed E-state index contributed by atoms with van der Waals surface area (Å²) in [6, 6.07) is 22.0. The zero-order valence-electron chi connectivity index (χ0n) is 36.2. The van der Waals surface area contributed by atoms with Crippen LogP contribution >= 0.6 is 11.6 Å². The quantitative estimate of drug-likeness (QED) is 0.0618. The van der Waals surface area contributed by atoms with Gasteiger partial charge in [-0.05, 0) is 123 Å². The first-order chi connectivity index (χ1) is 30.7. The number of hydrogen-bond acceptors (Lipinski definition) is 11. The molecule has 4 aliphatic rings. The van der Waals surface area contributed by atoms with Gasteiger partial charge < -0.3 is 25.3 Å². The molecule has 1 amide bonds. The van der Waals surface area contributed by atoms with Crippen molar-refractivity contribution in [3.63, 3.8) is 0 Å². The zero-order valence-corrected chi connectivity index (χ0v) is 37.8. The average molecular weight is 908 g/mol. The molecule has 4 N–H and O–H groups in total. The molecular formula is C48H55ClN8O6S. The number of piperazine rings is 1. The first kappa shape index (κ1) is 43.8. The summed E-state index contributed by atoms with van der Waals surface area (Å²) in [5.41, 5.74) is 5.56. The number of carbonyl (C=O) groups is 1. The zero-order chi connectivity index (χ0) is 44.6.